The zero-order valence-corrected chi connectivity index (χ0v) is 33.6. The Morgan fingerprint density at radius 2 is 1.84 bits per heavy atom. The van der Waals surface area contributed by atoms with E-state index >= 15 is 0 Å². The number of hydrogen-bond donors (Lipinski definition) is 3. The van der Waals surface area contributed by atoms with E-state index in [9.17, 15) is 19.5 Å². The molecule has 5 aliphatic rings. The van der Waals surface area contributed by atoms with Crippen molar-refractivity contribution in [2.75, 3.05) is 54.5 Å². The molecule has 58 heavy (non-hydrogen) atoms. The van der Waals surface area contributed by atoms with E-state index in [1.54, 1.807) is 34.0 Å². The van der Waals surface area contributed by atoms with Gasteiger partial charge in [0, 0.05) is 116 Å². The van der Waals surface area contributed by atoms with Crippen molar-refractivity contribution in [3.8, 4) is 11.3 Å². The standard InChI is InChI=1S/C44H53N9O5/c1-27-24-49(31-11-18-58-19-12-31)14-15-50(27)36-8-5-30(20-28(36)4-9-39(45)55)47-40-43(57)53(32-6-7-32)25-35(48-40)33-10-13-46-41(34(33)26-54)52-17-16-51-37(42(52)56)21-29-22-44(2,3)23-38(29)51/h4-5,8-10,13,20-21,25,27,31-32,54H,6-7,11-12,14-19,22-24,26H2,1-3H3,(H2,45,55)(H,47,48)/t27-/m0/s1. The lowest BCUT2D eigenvalue weighted by molar-refractivity contribution is -0.113. The molecular formula is C44H53N9O5. The summed E-state index contributed by atoms with van der Waals surface area (Å²) in [5.41, 5.74) is 12.6. The van der Waals surface area contributed by atoms with Gasteiger partial charge in [-0.2, -0.15) is 0 Å². The molecule has 14 heteroatoms. The number of nitrogens with one attached hydrogen (secondary N) is 1. The first kappa shape index (κ1) is 38.2. The van der Waals surface area contributed by atoms with E-state index in [1.807, 2.05) is 24.3 Å². The molecule has 1 atom stereocenters. The molecule has 0 bridgehead atoms. The average molecular weight is 788 g/mol. The summed E-state index contributed by atoms with van der Waals surface area (Å²) in [6, 6.07) is 10.5. The van der Waals surface area contributed by atoms with Crippen LogP contribution in [0.4, 0.5) is 23.0 Å². The number of aliphatic hydroxyl groups is 1. The highest BCUT2D eigenvalue weighted by Crippen LogP contribution is 2.41. The number of primary amides is 1. The van der Waals surface area contributed by atoms with E-state index in [0.717, 1.165) is 82.6 Å². The predicted octanol–water partition coefficient (Wildman–Crippen LogP) is 4.65. The van der Waals surface area contributed by atoms with Gasteiger partial charge in [-0.25, -0.2) is 9.97 Å². The first-order valence-electron chi connectivity index (χ1n) is 20.7. The highest BCUT2D eigenvalue weighted by atomic mass is 16.5. The first-order chi connectivity index (χ1) is 28.0. The van der Waals surface area contributed by atoms with Gasteiger partial charge >= 0.3 is 0 Å². The number of fused-ring (bicyclic) bond motifs is 3. The van der Waals surface area contributed by atoms with Gasteiger partial charge in [0.05, 0.1) is 12.3 Å². The van der Waals surface area contributed by atoms with Crippen molar-refractivity contribution in [3.05, 3.63) is 87.2 Å². The Bertz CT molecular complexity index is 2360. The number of anilines is 4. The summed E-state index contributed by atoms with van der Waals surface area (Å²) in [6.45, 7) is 11.7. The number of aliphatic hydroxyl groups excluding tert-OH is 1. The highest BCUT2D eigenvalue weighted by molar-refractivity contribution is 6.06. The van der Waals surface area contributed by atoms with Crippen LogP contribution in [-0.4, -0.2) is 92.4 Å². The molecule has 2 saturated heterocycles. The number of piperazine rings is 1. The minimum Gasteiger partial charge on any atom is -0.392 e. The second-order valence-electron chi connectivity index (χ2n) is 17.4. The molecule has 0 unspecified atom stereocenters. The van der Waals surface area contributed by atoms with E-state index < -0.39 is 5.91 Å². The number of rotatable bonds is 10. The highest BCUT2D eigenvalue weighted by Gasteiger charge is 2.38. The number of hydrogen-bond acceptors (Lipinski definition) is 10. The summed E-state index contributed by atoms with van der Waals surface area (Å²) >= 11 is 0. The third kappa shape index (κ3) is 7.22. The zero-order chi connectivity index (χ0) is 40.3. The van der Waals surface area contributed by atoms with Crippen LogP contribution in [0.3, 0.4) is 0 Å². The van der Waals surface area contributed by atoms with Crippen LogP contribution >= 0.6 is 0 Å². The molecule has 3 fully saturated rings. The smallest absolute Gasteiger partial charge is 0.293 e. The number of nitrogens with two attached hydrogens (primary N) is 1. The lowest BCUT2D eigenvalue weighted by atomic mass is 9.90. The number of aromatic nitrogens is 4. The number of carbonyl (C=O) groups is 2. The molecule has 6 heterocycles. The van der Waals surface area contributed by atoms with E-state index in [4.69, 9.17) is 15.5 Å². The van der Waals surface area contributed by atoms with Crippen molar-refractivity contribution in [1.82, 2.24) is 24.0 Å². The van der Waals surface area contributed by atoms with Crippen LogP contribution in [0.5, 0.6) is 0 Å². The minimum atomic E-state index is -0.548. The molecular weight excluding hydrogens is 735 g/mol. The molecule has 304 valence electrons. The monoisotopic (exact) mass is 787 g/mol. The number of nitrogens with zero attached hydrogens (tertiary/aromatic N) is 7. The largest absolute Gasteiger partial charge is 0.392 e. The van der Waals surface area contributed by atoms with Gasteiger partial charge in [0.25, 0.3) is 11.5 Å². The van der Waals surface area contributed by atoms with E-state index in [0.29, 0.717) is 53.2 Å². The average Bonchev–Trinajstić information content (AvgIpc) is 3.94. The van der Waals surface area contributed by atoms with Gasteiger partial charge in [-0.3, -0.25) is 24.2 Å². The van der Waals surface area contributed by atoms with Gasteiger partial charge in [-0.05, 0) is 92.8 Å². The van der Waals surface area contributed by atoms with Crippen LogP contribution in [0.15, 0.2) is 53.6 Å². The van der Waals surface area contributed by atoms with Gasteiger partial charge in [-0.15, -0.1) is 0 Å². The molecule has 1 saturated carbocycles. The second kappa shape index (κ2) is 15.1. The summed E-state index contributed by atoms with van der Waals surface area (Å²) in [7, 11) is 0. The van der Waals surface area contributed by atoms with Crippen molar-refractivity contribution >= 4 is 40.9 Å². The van der Waals surface area contributed by atoms with Crippen molar-refractivity contribution in [2.24, 2.45) is 11.1 Å². The third-order valence-electron chi connectivity index (χ3n) is 12.6. The van der Waals surface area contributed by atoms with Crippen LogP contribution in [0.1, 0.15) is 85.4 Å². The molecule has 0 spiro atoms. The van der Waals surface area contributed by atoms with E-state index in [2.05, 4.69) is 45.4 Å². The van der Waals surface area contributed by atoms with Crippen molar-refractivity contribution < 1.29 is 19.4 Å². The summed E-state index contributed by atoms with van der Waals surface area (Å²) in [4.78, 5) is 56.1. The number of amides is 2. The normalized spacial score (nSPS) is 21.1. The van der Waals surface area contributed by atoms with Crippen LogP contribution in [-0.2, 0) is 35.5 Å². The topological polar surface area (TPSA) is 164 Å². The Hall–Kier alpha value is -5.31. The van der Waals surface area contributed by atoms with Gasteiger partial charge < -0.3 is 34.9 Å². The van der Waals surface area contributed by atoms with Gasteiger partial charge in [0.15, 0.2) is 5.82 Å². The Morgan fingerprint density at radius 1 is 1.03 bits per heavy atom. The molecule has 3 aliphatic heterocycles. The number of ether oxygens (including phenoxy) is 1. The molecule has 2 amide bonds. The molecule has 3 aromatic heterocycles. The van der Waals surface area contributed by atoms with Crippen LogP contribution < -0.4 is 26.4 Å². The number of pyridine rings is 1. The van der Waals surface area contributed by atoms with E-state index in [-0.39, 0.29) is 41.4 Å². The Labute approximate surface area is 338 Å². The quantitative estimate of drug-likeness (QED) is 0.193. The van der Waals surface area contributed by atoms with Crippen molar-refractivity contribution in [1.29, 1.82) is 0 Å². The molecule has 0 radical (unpaired) electrons. The molecule has 4 N–H and O–H groups in total. The SMILES string of the molecule is C[C@H]1CN(C2CCOCC2)CCN1c1ccc(Nc2nc(-c3ccnc(N4CCn5c(cc6c5CC(C)(C)C6)C4=O)c3CO)cn(C3CC3)c2=O)cc1C=CC(N)=O. The third-order valence-corrected chi connectivity index (χ3v) is 12.6. The van der Waals surface area contributed by atoms with Crippen molar-refractivity contribution in [3.63, 3.8) is 0 Å². The summed E-state index contributed by atoms with van der Waals surface area (Å²) in [5.74, 6) is -0.168. The maximum absolute atomic E-state index is 14.1. The molecule has 1 aromatic carbocycles. The summed E-state index contributed by atoms with van der Waals surface area (Å²) < 4.78 is 9.48. The van der Waals surface area contributed by atoms with Crippen LogP contribution in [0.25, 0.3) is 17.3 Å². The Morgan fingerprint density at radius 3 is 2.59 bits per heavy atom. The lowest BCUT2D eigenvalue weighted by Gasteiger charge is -2.45. The predicted molar refractivity (Wildman–Crippen MR) is 223 cm³/mol. The fourth-order valence-corrected chi connectivity index (χ4v) is 9.63. The van der Waals surface area contributed by atoms with Gasteiger partial charge in [0.2, 0.25) is 5.91 Å². The maximum Gasteiger partial charge on any atom is 0.293 e. The molecule has 14 nitrogen and oxygen atoms in total. The maximum atomic E-state index is 14.1. The Kier molecular flexibility index (Phi) is 9.97. The fourth-order valence-electron chi connectivity index (χ4n) is 9.63. The zero-order valence-electron chi connectivity index (χ0n) is 33.6. The number of benzene rings is 1. The molecule has 4 aromatic rings. The molecule has 9 rings (SSSR count). The fraction of sp³-hybridized carbons (Fsp3) is 0.477. The van der Waals surface area contributed by atoms with Crippen LogP contribution in [0.2, 0.25) is 0 Å². The van der Waals surface area contributed by atoms with E-state index in [1.165, 1.54) is 17.3 Å². The second-order valence-corrected chi connectivity index (χ2v) is 17.4. The summed E-state index contributed by atoms with van der Waals surface area (Å²) in [5, 5.41) is 14.2. The first-order valence-corrected chi connectivity index (χ1v) is 20.7. The Balaban J connectivity index is 1.02. The molecule has 2 aliphatic carbocycles. The van der Waals surface area contributed by atoms with Gasteiger partial charge in [0.1, 0.15) is 11.5 Å². The van der Waals surface area contributed by atoms with Gasteiger partial charge in [-0.1, -0.05) is 13.8 Å². The summed E-state index contributed by atoms with van der Waals surface area (Å²) in [6.07, 6.45) is 12.2. The number of carbonyl (C=O) groups excluding carboxylic acids is 2. The minimum absolute atomic E-state index is 0.0369. The van der Waals surface area contributed by atoms with Crippen LogP contribution in [0, 0.1) is 5.41 Å². The van der Waals surface area contributed by atoms with Crippen molar-refractivity contribution in [2.45, 2.75) is 90.6 Å². The lowest BCUT2D eigenvalue weighted by Crippen LogP contribution is -2.56.